The second-order valence-corrected chi connectivity index (χ2v) is 4.74. The van der Waals surface area contributed by atoms with Gasteiger partial charge < -0.3 is 10.4 Å². The van der Waals surface area contributed by atoms with Crippen LogP contribution in [0.4, 0.5) is 0 Å². The number of aromatic hydroxyl groups is 1. The second-order valence-electron chi connectivity index (χ2n) is 4.36. The third-order valence-electron chi connectivity index (χ3n) is 2.80. The molecule has 1 aromatic carbocycles. The summed E-state index contributed by atoms with van der Waals surface area (Å²) in [5, 5.41) is 12.2. The first-order valence-electron chi connectivity index (χ1n) is 6.29. The SMILES string of the molecule is Cc1cc(C(=O)NCCCCCCCl)ccc1O. The molecule has 0 aliphatic rings. The lowest BCUT2D eigenvalue weighted by Gasteiger charge is -2.06. The number of phenols is 1. The lowest BCUT2D eigenvalue weighted by molar-refractivity contribution is 0.0953. The van der Waals surface area contributed by atoms with Gasteiger partial charge in [-0.15, -0.1) is 11.6 Å². The lowest BCUT2D eigenvalue weighted by atomic mass is 10.1. The van der Waals surface area contributed by atoms with Crippen LogP contribution in [0, 0.1) is 6.92 Å². The van der Waals surface area contributed by atoms with Gasteiger partial charge in [0.05, 0.1) is 0 Å². The molecular formula is C14H20ClNO2. The first kappa shape index (κ1) is 14.8. The molecule has 0 spiro atoms. The summed E-state index contributed by atoms with van der Waals surface area (Å²) >= 11 is 5.58. The summed E-state index contributed by atoms with van der Waals surface area (Å²) in [6.07, 6.45) is 4.20. The minimum Gasteiger partial charge on any atom is -0.508 e. The minimum absolute atomic E-state index is 0.0876. The van der Waals surface area contributed by atoms with E-state index in [1.807, 2.05) is 0 Å². The van der Waals surface area contributed by atoms with Gasteiger partial charge in [0, 0.05) is 18.0 Å². The van der Waals surface area contributed by atoms with E-state index in [1.165, 1.54) is 0 Å². The van der Waals surface area contributed by atoms with Crippen LogP contribution in [0.5, 0.6) is 5.75 Å². The zero-order valence-corrected chi connectivity index (χ0v) is 11.5. The van der Waals surface area contributed by atoms with Crippen LogP contribution >= 0.6 is 11.6 Å². The highest BCUT2D eigenvalue weighted by Gasteiger charge is 2.06. The molecule has 0 bridgehead atoms. The van der Waals surface area contributed by atoms with Crippen LogP contribution in [-0.2, 0) is 0 Å². The standard InChI is InChI=1S/C14H20ClNO2/c1-11-10-12(6-7-13(11)17)14(18)16-9-5-3-2-4-8-15/h6-7,10,17H,2-5,8-9H2,1H3,(H,16,18). The number of hydrogen-bond donors (Lipinski definition) is 2. The molecule has 1 aromatic rings. The van der Waals surface area contributed by atoms with Crippen molar-refractivity contribution in [3.05, 3.63) is 29.3 Å². The number of alkyl halides is 1. The third-order valence-corrected chi connectivity index (χ3v) is 3.07. The summed E-state index contributed by atoms with van der Waals surface area (Å²) in [4.78, 5) is 11.8. The summed E-state index contributed by atoms with van der Waals surface area (Å²) in [7, 11) is 0. The fraction of sp³-hybridized carbons (Fsp3) is 0.500. The van der Waals surface area contributed by atoms with Crippen LogP contribution in [0.1, 0.15) is 41.6 Å². The van der Waals surface area contributed by atoms with Crippen molar-refractivity contribution in [3.63, 3.8) is 0 Å². The maximum atomic E-state index is 11.8. The molecule has 0 aliphatic carbocycles. The molecule has 18 heavy (non-hydrogen) atoms. The van der Waals surface area contributed by atoms with Crippen molar-refractivity contribution in [2.75, 3.05) is 12.4 Å². The monoisotopic (exact) mass is 269 g/mol. The lowest BCUT2D eigenvalue weighted by Crippen LogP contribution is -2.24. The molecule has 2 N–H and O–H groups in total. The Hall–Kier alpha value is -1.22. The van der Waals surface area contributed by atoms with E-state index in [0.717, 1.165) is 25.7 Å². The number of carbonyl (C=O) groups excluding carboxylic acids is 1. The van der Waals surface area contributed by atoms with Crippen molar-refractivity contribution in [1.82, 2.24) is 5.32 Å². The number of hydrogen-bond acceptors (Lipinski definition) is 2. The van der Waals surface area contributed by atoms with Crippen LogP contribution in [0.25, 0.3) is 0 Å². The predicted molar refractivity (Wildman–Crippen MR) is 74.4 cm³/mol. The highest BCUT2D eigenvalue weighted by Crippen LogP contribution is 2.16. The average molecular weight is 270 g/mol. The maximum Gasteiger partial charge on any atom is 0.251 e. The topological polar surface area (TPSA) is 49.3 Å². The molecule has 1 amide bonds. The highest BCUT2D eigenvalue weighted by molar-refractivity contribution is 6.17. The smallest absolute Gasteiger partial charge is 0.251 e. The molecule has 4 heteroatoms. The van der Waals surface area contributed by atoms with Crippen molar-refractivity contribution in [1.29, 1.82) is 0 Å². The molecule has 0 aliphatic heterocycles. The molecule has 0 fully saturated rings. The quantitative estimate of drug-likeness (QED) is 0.590. The van der Waals surface area contributed by atoms with E-state index >= 15 is 0 Å². The van der Waals surface area contributed by atoms with Gasteiger partial charge in [-0.1, -0.05) is 12.8 Å². The van der Waals surface area contributed by atoms with Gasteiger partial charge in [-0.2, -0.15) is 0 Å². The molecule has 3 nitrogen and oxygen atoms in total. The van der Waals surface area contributed by atoms with Gasteiger partial charge >= 0.3 is 0 Å². The second kappa shape index (κ2) is 7.98. The van der Waals surface area contributed by atoms with Gasteiger partial charge in [-0.3, -0.25) is 4.79 Å². The summed E-state index contributed by atoms with van der Waals surface area (Å²) in [5.74, 6) is 0.835. The number of rotatable bonds is 7. The van der Waals surface area contributed by atoms with Crippen molar-refractivity contribution in [2.24, 2.45) is 0 Å². The van der Waals surface area contributed by atoms with Crippen LogP contribution in [0.3, 0.4) is 0 Å². The summed E-state index contributed by atoms with van der Waals surface area (Å²) in [6, 6.07) is 4.87. The Labute approximate surface area is 113 Å². The van der Waals surface area contributed by atoms with Gasteiger partial charge in [0.2, 0.25) is 0 Å². The van der Waals surface area contributed by atoms with E-state index in [-0.39, 0.29) is 11.7 Å². The van der Waals surface area contributed by atoms with E-state index in [0.29, 0.717) is 23.6 Å². The number of benzene rings is 1. The van der Waals surface area contributed by atoms with Crippen LogP contribution in [0.2, 0.25) is 0 Å². The predicted octanol–water partition coefficient (Wildman–Crippen LogP) is 3.23. The number of amides is 1. The Morgan fingerprint density at radius 2 is 2.00 bits per heavy atom. The van der Waals surface area contributed by atoms with Crippen LogP contribution in [0.15, 0.2) is 18.2 Å². The zero-order chi connectivity index (χ0) is 13.4. The van der Waals surface area contributed by atoms with Crippen molar-refractivity contribution in [2.45, 2.75) is 32.6 Å². The van der Waals surface area contributed by atoms with Gasteiger partial charge in [0.1, 0.15) is 5.75 Å². The molecule has 0 saturated heterocycles. The third kappa shape index (κ3) is 4.96. The highest BCUT2D eigenvalue weighted by atomic mass is 35.5. The minimum atomic E-state index is -0.0876. The summed E-state index contributed by atoms with van der Waals surface area (Å²) < 4.78 is 0. The van der Waals surface area contributed by atoms with E-state index in [1.54, 1.807) is 25.1 Å². The molecule has 0 aromatic heterocycles. The van der Waals surface area contributed by atoms with Crippen LogP contribution < -0.4 is 5.32 Å². The van der Waals surface area contributed by atoms with Crippen molar-refractivity contribution in [3.8, 4) is 5.75 Å². The fourth-order valence-electron chi connectivity index (χ4n) is 1.67. The Bertz CT molecular complexity index is 393. The van der Waals surface area contributed by atoms with E-state index in [9.17, 15) is 9.90 Å². The van der Waals surface area contributed by atoms with Gasteiger partial charge in [-0.05, 0) is 43.5 Å². The van der Waals surface area contributed by atoms with Gasteiger partial charge in [-0.25, -0.2) is 0 Å². The molecule has 0 heterocycles. The Morgan fingerprint density at radius 1 is 1.28 bits per heavy atom. The number of aryl methyl sites for hydroxylation is 1. The average Bonchev–Trinajstić information content (AvgIpc) is 2.36. The fourth-order valence-corrected chi connectivity index (χ4v) is 1.86. The van der Waals surface area contributed by atoms with E-state index < -0.39 is 0 Å². The van der Waals surface area contributed by atoms with E-state index in [2.05, 4.69) is 5.32 Å². The first-order valence-corrected chi connectivity index (χ1v) is 6.82. The number of halogens is 1. The summed E-state index contributed by atoms with van der Waals surface area (Å²) in [5.41, 5.74) is 1.30. The maximum absolute atomic E-state index is 11.8. The number of unbranched alkanes of at least 4 members (excludes halogenated alkanes) is 3. The number of carbonyl (C=O) groups is 1. The van der Waals surface area contributed by atoms with Gasteiger partial charge in [0.25, 0.3) is 5.91 Å². The van der Waals surface area contributed by atoms with Gasteiger partial charge in [0.15, 0.2) is 0 Å². The molecule has 1 rings (SSSR count). The Kier molecular flexibility index (Phi) is 6.58. The molecular weight excluding hydrogens is 250 g/mol. The largest absolute Gasteiger partial charge is 0.508 e. The van der Waals surface area contributed by atoms with Crippen molar-refractivity contribution < 1.29 is 9.90 Å². The molecule has 0 radical (unpaired) electrons. The normalized spacial score (nSPS) is 10.3. The molecule has 100 valence electrons. The number of nitrogens with one attached hydrogen (secondary N) is 1. The zero-order valence-electron chi connectivity index (χ0n) is 10.7. The Morgan fingerprint density at radius 3 is 2.67 bits per heavy atom. The first-order chi connectivity index (χ1) is 8.65. The molecule has 0 atom stereocenters. The van der Waals surface area contributed by atoms with Crippen molar-refractivity contribution >= 4 is 17.5 Å². The van der Waals surface area contributed by atoms with E-state index in [4.69, 9.17) is 11.6 Å². The summed E-state index contributed by atoms with van der Waals surface area (Å²) in [6.45, 7) is 2.46. The molecule has 0 saturated carbocycles. The Balaban J connectivity index is 2.30. The molecule has 0 unspecified atom stereocenters. The van der Waals surface area contributed by atoms with Crippen LogP contribution in [-0.4, -0.2) is 23.4 Å². The number of phenolic OH excluding ortho intramolecular Hbond substituents is 1.